The van der Waals surface area contributed by atoms with Gasteiger partial charge in [-0.25, -0.2) is 9.59 Å². The van der Waals surface area contributed by atoms with Crippen LogP contribution in [0.4, 0.5) is 16.2 Å². The highest BCUT2D eigenvalue weighted by Gasteiger charge is 2.18. The van der Waals surface area contributed by atoms with E-state index in [1.165, 1.54) is 6.08 Å². The van der Waals surface area contributed by atoms with Crippen molar-refractivity contribution in [1.29, 1.82) is 0 Å². The normalized spacial score (nSPS) is 13.8. The first kappa shape index (κ1) is 14.9. The van der Waals surface area contributed by atoms with Crippen LogP contribution in [0.5, 0.6) is 0 Å². The van der Waals surface area contributed by atoms with Crippen LogP contribution in [0.3, 0.4) is 0 Å². The number of nitrogens with one attached hydrogen (secondary N) is 1. The van der Waals surface area contributed by atoms with Crippen molar-refractivity contribution in [2.24, 2.45) is 0 Å². The van der Waals surface area contributed by atoms with Crippen molar-refractivity contribution in [1.82, 2.24) is 0 Å². The van der Waals surface area contributed by atoms with E-state index in [0.29, 0.717) is 0 Å². The van der Waals surface area contributed by atoms with Crippen LogP contribution in [0.25, 0.3) is 0 Å². The molecule has 2 rings (SSSR count). The molecule has 2 N–H and O–H groups in total. The molecule has 112 valence electrons. The Morgan fingerprint density at radius 1 is 1.38 bits per heavy atom. The third kappa shape index (κ3) is 3.75. The molecule has 1 fully saturated rings. The van der Waals surface area contributed by atoms with Crippen LogP contribution >= 0.6 is 0 Å². The van der Waals surface area contributed by atoms with Gasteiger partial charge in [-0.2, -0.15) is 0 Å². The lowest BCUT2D eigenvalue weighted by Gasteiger charge is -2.19. The summed E-state index contributed by atoms with van der Waals surface area (Å²) in [5.74, 6) is -1.09. The van der Waals surface area contributed by atoms with Crippen LogP contribution in [0, 0.1) is 0 Å². The van der Waals surface area contributed by atoms with E-state index in [1.807, 2.05) is 0 Å². The minimum atomic E-state index is -1.09. The van der Waals surface area contributed by atoms with E-state index >= 15 is 0 Å². The number of carboxylic acid groups (broad SMARTS) is 1. The van der Waals surface area contributed by atoms with Crippen molar-refractivity contribution in [2.75, 3.05) is 29.9 Å². The maximum atomic E-state index is 11.5. The molecular formula is C15H18N2O4. The average Bonchev–Trinajstić information content (AvgIpc) is 2.99. The summed E-state index contributed by atoms with van der Waals surface area (Å²) >= 11 is 0. The Balaban J connectivity index is 2.18. The fraction of sp³-hybridized carbons (Fsp3) is 0.333. The summed E-state index contributed by atoms with van der Waals surface area (Å²) in [6.07, 6.45) is 2.95. The second kappa shape index (κ2) is 6.78. The van der Waals surface area contributed by atoms with Crippen molar-refractivity contribution in [3.63, 3.8) is 0 Å². The predicted octanol–water partition coefficient (Wildman–Crippen LogP) is 2.72. The van der Waals surface area contributed by atoms with Gasteiger partial charge in [0, 0.05) is 18.8 Å². The van der Waals surface area contributed by atoms with Crippen molar-refractivity contribution in [3.05, 3.63) is 36.4 Å². The highest BCUT2D eigenvalue weighted by molar-refractivity contribution is 5.99. The highest BCUT2D eigenvalue weighted by Crippen LogP contribution is 2.26. The van der Waals surface area contributed by atoms with Crippen molar-refractivity contribution < 1.29 is 19.4 Å². The molecule has 1 aromatic rings. The van der Waals surface area contributed by atoms with Crippen molar-refractivity contribution >= 4 is 23.4 Å². The van der Waals surface area contributed by atoms with E-state index in [9.17, 15) is 14.7 Å². The van der Waals surface area contributed by atoms with Crippen LogP contribution in [0.1, 0.15) is 23.2 Å². The zero-order chi connectivity index (χ0) is 15.2. The summed E-state index contributed by atoms with van der Waals surface area (Å²) in [6, 6.07) is 4.98. The monoisotopic (exact) mass is 290 g/mol. The van der Waals surface area contributed by atoms with E-state index in [1.54, 1.807) is 18.2 Å². The van der Waals surface area contributed by atoms with E-state index < -0.39 is 12.1 Å². The van der Waals surface area contributed by atoms with Gasteiger partial charge in [-0.1, -0.05) is 12.7 Å². The smallest absolute Gasteiger partial charge is 0.411 e. The zero-order valence-corrected chi connectivity index (χ0v) is 11.7. The molecule has 0 atom stereocenters. The SMILES string of the molecule is C=CCOC(=O)Nc1ccc(N2CCCC2)cc1C(=O)O. The van der Waals surface area contributed by atoms with Crippen LogP contribution in [0.15, 0.2) is 30.9 Å². The second-order valence-corrected chi connectivity index (χ2v) is 4.74. The number of hydrogen-bond donors (Lipinski definition) is 2. The van der Waals surface area contributed by atoms with Crippen LogP contribution < -0.4 is 10.2 Å². The van der Waals surface area contributed by atoms with Gasteiger partial charge in [-0.05, 0) is 31.0 Å². The van der Waals surface area contributed by atoms with Gasteiger partial charge in [0.15, 0.2) is 0 Å². The third-order valence-corrected chi connectivity index (χ3v) is 3.27. The van der Waals surface area contributed by atoms with Crippen LogP contribution in [-0.2, 0) is 4.74 Å². The van der Waals surface area contributed by atoms with Gasteiger partial charge in [0.1, 0.15) is 6.61 Å². The summed E-state index contributed by atoms with van der Waals surface area (Å²) in [4.78, 5) is 25.0. The molecule has 1 aliphatic heterocycles. The molecule has 0 aromatic heterocycles. The van der Waals surface area contributed by atoms with E-state index in [-0.39, 0.29) is 17.9 Å². The van der Waals surface area contributed by atoms with Gasteiger partial charge in [0.05, 0.1) is 11.3 Å². The number of carboxylic acids is 1. The van der Waals surface area contributed by atoms with E-state index in [0.717, 1.165) is 31.6 Å². The summed E-state index contributed by atoms with van der Waals surface area (Å²) in [5.41, 5.74) is 1.13. The highest BCUT2D eigenvalue weighted by atomic mass is 16.5. The molecule has 6 nitrogen and oxygen atoms in total. The largest absolute Gasteiger partial charge is 0.478 e. The number of nitrogens with zero attached hydrogens (tertiary/aromatic N) is 1. The summed E-state index contributed by atoms with van der Waals surface area (Å²) in [6.45, 7) is 5.35. The quantitative estimate of drug-likeness (QED) is 0.815. The summed E-state index contributed by atoms with van der Waals surface area (Å²) in [5, 5.41) is 11.7. The number of carbonyl (C=O) groups is 2. The van der Waals surface area contributed by atoms with Crippen molar-refractivity contribution in [2.45, 2.75) is 12.8 Å². The number of aromatic carboxylic acids is 1. The molecule has 1 aromatic carbocycles. The Kier molecular flexibility index (Phi) is 4.81. The minimum absolute atomic E-state index is 0.0509. The average molecular weight is 290 g/mol. The topological polar surface area (TPSA) is 78.9 Å². The van der Waals surface area contributed by atoms with Gasteiger partial charge in [-0.3, -0.25) is 5.32 Å². The lowest BCUT2D eigenvalue weighted by molar-refractivity contribution is 0.0698. The van der Waals surface area contributed by atoms with Gasteiger partial charge in [0.2, 0.25) is 0 Å². The van der Waals surface area contributed by atoms with Gasteiger partial charge >= 0.3 is 12.1 Å². The fourth-order valence-electron chi connectivity index (χ4n) is 2.27. The summed E-state index contributed by atoms with van der Waals surface area (Å²) < 4.78 is 4.79. The maximum Gasteiger partial charge on any atom is 0.411 e. The van der Waals surface area contributed by atoms with Crippen LogP contribution in [-0.4, -0.2) is 36.9 Å². The van der Waals surface area contributed by atoms with Gasteiger partial charge in [0.25, 0.3) is 0 Å². The van der Waals surface area contributed by atoms with Gasteiger partial charge < -0.3 is 14.7 Å². The van der Waals surface area contributed by atoms with E-state index in [4.69, 9.17) is 4.74 Å². The molecule has 1 heterocycles. The number of amides is 1. The molecule has 0 unspecified atom stereocenters. The lowest BCUT2D eigenvalue weighted by atomic mass is 10.1. The molecule has 0 saturated carbocycles. The molecule has 1 aliphatic rings. The number of benzene rings is 1. The third-order valence-electron chi connectivity index (χ3n) is 3.27. The standard InChI is InChI=1S/C15H18N2O4/c1-2-9-21-15(20)16-13-6-5-11(10-12(13)14(18)19)17-7-3-4-8-17/h2,5-6,10H,1,3-4,7-9H2,(H,16,20)(H,18,19). The number of hydrogen-bond acceptors (Lipinski definition) is 4. The molecule has 1 amide bonds. The Morgan fingerprint density at radius 3 is 2.71 bits per heavy atom. The molecule has 1 saturated heterocycles. The van der Waals surface area contributed by atoms with Crippen LogP contribution in [0.2, 0.25) is 0 Å². The number of carbonyl (C=O) groups excluding carboxylic acids is 1. The minimum Gasteiger partial charge on any atom is -0.478 e. The molecule has 0 spiro atoms. The molecule has 0 aliphatic carbocycles. The first-order valence-corrected chi connectivity index (χ1v) is 6.79. The molecule has 0 radical (unpaired) electrons. The van der Waals surface area contributed by atoms with E-state index in [2.05, 4.69) is 16.8 Å². The Morgan fingerprint density at radius 2 is 2.10 bits per heavy atom. The Hall–Kier alpha value is -2.50. The Labute approximate surface area is 123 Å². The first-order chi connectivity index (χ1) is 10.1. The number of ether oxygens (including phenoxy) is 1. The predicted molar refractivity (Wildman–Crippen MR) is 80.0 cm³/mol. The van der Waals surface area contributed by atoms with Gasteiger partial charge in [-0.15, -0.1) is 0 Å². The first-order valence-electron chi connectivity index (χ1n) is 6.79. The fourth-order valence-corrected chi connectivity index (χ4v) is 2.27. The van der Waals surface area contributed by atoms with Crippen molar-refractivity contribution in [3.8, 4) is 0 Å². The summed E-state index contributed by atoms with van der Waals surface area (Å²) in [7, 11) is 0. The lowest BCUT2D eigenvalue weighted by Crippen LogP contribution is -2.19. The Bertz CT molecular complexity index is 551. The number of rotatable bonds is 5. The zero-order valence-electron chi connectivity index (χ0n) is 11.7. The molecule has 0 bridgehead atoms. The second-order valence-electron chi connectivity index (χ2n) is 4.74. The molecule has 6 heteroatoms. The molecule has 21 heavy (non-hydrogen) atoms. The molecular weight excluding hydrogens is 272 g/mol. The maximum absolute atomic E-state index is 11.5. The number of anilines is 2.